The Hall–Kier alpha value is -2.84. The van der Waals surface area contributed by atoms with Crippen molar-refractivity contribution in [3.05, 3.63) is 63.1 Å². The van der Waals surface area contributed by atoms with Gasteiger partial charge in [0.1, 0.15) is 5.57 Å². The van der Waals surface area contributed by atoms with Crippen LogP contribution in [-0.4, -0.2) is 31.0 Å². The predicted molar refractivity (Wildman–Crippen MR) is 111 cm³/mol. The van der Waals surface area contributed by atoms with Crippen LogP contribution in [0.25, 0.3) is 6.08 Å². The average Bonchev–Trinajstić information content (AvgIpc) is 2.98. The molecule has 1 fully saturated rings. The van der Waals surface area contributed by atoms with Gasteiger partial charge in [-0.05, 0) is 58.8 Å². The Morgan fingerprint density at radius 3 is 2.55 bits per heavy atom. The van der Waals surface area contributed by atoms with Gasteiger partial charge in [0.2, 0.25) is 0 Å². The molecule has 1 heterocycles. The van der Waals surface area contributed by atoms with Gasteiger partial charge in [-0.25, -0.2) is 9.80 Å². The standard InChI is InChI=1S/C20H16BrClN2O5/c1-11(20(27)28-2)29-17-15(21)9-12(10-16(17)22)8-14-18(25)23-24(19(14)26)13-6-4-3-5-7-13/h3-11H,1-2H3,(H,23,25). The first-order valence-corrected chi connectivity index (χ1v) is 9.64. The van der Waals surface area contributed by atoms with Crippen molar-refractivity contribution in [3.63, 3.8) is 0 Å². The molecule has 2 aromatic carbocycles. The van der Waals surface area contributed by atoms with Crippen molar-refractivity contribution >= 4 is 57.1 Å². The third-order valence-corrected chi connectivity index (χ3v) is 4.94. The van der Waals surface area contributed by atoms with E-state index >= 15 is 0 Å². The number of halogens is 2. The molecule has 9 heteroatoms. The van der Waals surface area contributed by atoms with Gasteiger partial charge in [-0.3, -0.25) is 15.0 Å². The molecule has 1 N–H and O–H groups in total. The zero-order valence-electron chi connectivity index (χ0n) is 15.4. The van der Waals surface area contributed by atoms with E-state index in [-0.39, 0.29) is 16.3 Å². The number of amides is 2. The molecule has 0 radical (unpaired) electrons. The maximum atomic E-state index is 12.7. The molecular formula is C20H16BrClN2O5. The third-order valence-electron chi connectivity index (χ3n) is 4.07. The number of ether oxygens (including phenoxy) is 2. The zero-order valence-corrected chi connectivity index (χ0v) is 17.8. The number of methoxy groups -OCH3 is 1. The molecule has 2 amide bonds. The highest BCUT2D eigenvalue weighted by atomic mass is 79.9. The second-order valence-corrected chi connectivity index (χ2v) is 7.33. The molecule has 0 aromatic heterocycles. The van der Waals surface area contributed by atoms with Gasteiger partial charge >= 0.3 is 5.97 Å². The van der Waals surface area contributed by atoms with E-state index < -0.39 is 23.9 Å². The molecule has 1 saturated heterocycles. The Labute approximate surface area is 180 Å². The Morgan fingerprint density at radius 1 is 1.24 bits per heavy atom. The first kappa shape index (κ1) is 20.9. The lowest BCUT2D eigenvalue weighted by molar-refractivity contribution is -0.147. The summed E-state index contributed by atoms with van der Waals surface area (Å²) in [4.78, 5) is 36.5. The van der Waals surface area contributed by atoms with Crippen LogP contribution in [0, 0.1) is 0 Å². The number of hydrogen-bond donors (Lipinski definition) is 1. The van der Waals surface area contributed by atoms with Gasteiger partial charge < -0.3 is 9.47 Å². The highest BCUT2D eigenvalue weighted by Gasteiger charge is 2.34. The number of hydrogen-bond acceptors (Lipinski definition) is 5. The van der Waals surface area contributed by atoms with Crippen LogP contribution >= 0.6 is 27.5 Å². The summed E-state index contributed by atoms with van der Waals surface area (Å²) in [5, 5.41) is 1.38. The number of para-hydroxylation sites is 1. The second kappa shape index (κ2) is 8.67. The summed E-state index contributed by atoms with van der Waals surface area (Å²) < 4.78 is 10.6. The lowest BCUT2D eigenvalue weighted by Gasteiger charge is -2.15. The molecule has 0 spiro atoms. The molecule has 0 aliphatic carbocycles. The summed E-state index contributed by atoms with van der Waals surface area (Å²) in [5.74, 6) is -1.30. The largest absolute Gasteiger partial charge is 0.476 e. The molecule has 2 aromatic rings. The van der Waals surface area contributed by atoms with Gasteiger partial charge in [-0.1, -0.05) is 29.8 Å². The smallest absolute Gasteiger partial charge is 0.346 e. The number of nitrogens with zero attached hydrogens (tertiary/aromatic N) is 1. The van der Waals surface area contributed by atoms with E-state index in [1.165, 1.54) is 31.2 Å². The molecule has 0 saturated carbocycles. The number of carbonyl (C=O) groups is 3. The van der Waals surface area contributed by atoms with E-state index in [0.29, 0.717) is 15.7 Å². The van der Waals surface area contributed by atoms with Crippen LogP contribution < -0.4 is 15.2 Å². The van der Waals surface area contributed by atoms with E-state index in [4.69, 9.17) is 16.3 Å². The fraction of sp³-hybridized carbons (Fsp3) is 0.150. The Kier molecular flexibility index (Phi) is 6.24. The molecular weight excluding hydrogens is 464 g/mol. The quantitative estimate of drug-likeness (QED) is 0.403. The monoisotopic (exact) mass is 478 g/mol. The lowest BCUT2D eigenvalue weighted by atomic mass is 10.1. The van der Waals surface area contributed by atoms with Crippen LogP contribution in [0.5, 0.6) is 5.75 Å². The number of esters is 1. The molecule has 3 rings (SSSR count). The van der Waals surface area contributed by atoms with Crippen LogP contribution in [0.15, 0.2) is 52.5 Å². The molecule has 150 valence electrons. The van der Waals surface area contributed by atoms with Gasteiger partial charge in [0.15, 0.2) is 11.9 Å². The van der Waals surface area contributed by atoms with E-state index in [1.807, 2.05) is 6.07 Å². The maximum Gasteiger partial charge on any atom is 0.346 e. The first-order chi connectivity index (χ1) is 13.8. The van der Waals surface area contributed by atoms with Gasteiger partial charge in [0.05, 0.1) is 22.3 Å². The minimum absolute atomic E-state index is 0.0339. The van der Waals surface area contributed by atoms with E-state index in [2.05, 4.69) is 26.1 Å². The molecule has 1 aliphatic rings. The lowest BCUT2D eigenvalue weighted by Crippen LogP contribution is -2.35. The number of anilines is 1. The molecule has 1 unspecified atom stereocenters. The summed E-state index contributed by atoms with van der Waals surface area (Å²) in [6.07, 6.45) is 0.574. The highest BCUT2D eigenvalue weighted by Crippen LogP contribution is 2.36. The number of benzene rings is 2. The van der Waals surface area contributed by atoms with Gasteiger partial charge in [0.25, 0.3) is 11.8 Å². The van der Waals surface area contributed by atoms with E-state index in [1.54, 1.807) is 30.3 Å². The average molecular weight is 480 g/mol. The van der Waals surface area contributed by atoms with Crippen molar-refractivity contribution < 1.29 is 23.9 Å². The van der Waals surface area contributed by atoms with Crippen molar-refractivity contribution in [3.8, 4) is 5.75 Å². The summed E-state index contributed by atoms with van der Waals surface area (Å²) in [7, 11) is 1.26. The van der Waals surface area contributed by atoms with Crippen molar-refractivity contribution in [1.82, 2.24) is 5.43 Å². The second-order valence-electron chi connectivity index (χ2n) is 6.07. The third kappa shape index (κ3) is 4.44. The zero-order chi connectivity index (χ0) is 21.1. The fourth-order valence-corrected chi connectivity index (χ4v) is 3.61. The van der Waals surface area contributed by atoms with Crippen LogP contribution in [0.1, 0.15) is 12.5 Å². The van der Waals surface area contributed by atoms with Crippen LogP contribution in [0.2, 0.25) is 5.02 Å². The SMILES string of the molecule is COC(=O)C(C)Oc1c(Cl)cc(C=C2C(=O)NN(c3ccccc3)C2=O)cc1Br. The summed E-state index contributed by atoms with van der Waals surface area (Å²) in [5.41, 5.74) is 3.56. The van der Waals surface area contributed by atoms with Crippen molar-refractivity contribution in [2.45, 2.75) is 13.0 Å². The molecule has 1 aliphatic heterocycles. The van der Waals surface area contributed by atoms with Gasteiger partial charge in [0, 0.05) is 0 Å². The van der Waals surface area contributed by atoms with E-state index in [9.17, 15) is 14.4 Å². The van der Waals surface area contributed by atoms with Crippen molar-refractivity contribution in [2.75, 3.05) is 12.1 Å². The number of carbonyl (C=O) groups excluding carboxylic acids is 3. The summed E-state index contributed by atoms with van der Waals surface area (Å²) in [6, 6.07) is 11.9. The van der Waals surface area contributed by atoms with Crippen molar-refractivity contribution in [1.29, 1.82) is 0 Å². The van der Waals surface area contributed by atoms with Crippen LogP contribution in [0.4, 0.5) is 5.69 Å². The molecule has 29 heavy (non-hydrogen) atoms. The van der Waals surface area contributed by atoms with Gasteiger partial charge in [-0.2, -0.15) is 0 Å². The maximum absolute atomic E-state index is 12.7. The fourth-order valence-electron chi connectivity index (χ4n) is 2.65. The minimum atomic E-state index is -0.861. The summed E-state index contributed by atoms with van der Waals surface area (Å²) >= 11 is 9.62. The topological polar surface area (TPSA) is 84.9 Å². The minimum Gasteiger partial charge on any atom is -0.476 e. The Bertz CT molecular complexity index is 986. The molecule has 7 nitrogen and oxygen atoms in total. The predicted octanol–water partition coefficient (Wildman–Crippen LogP) is 3.50. The summed E-state index contributed by atoms with van der Waals surface area (Å²) in [6.45, 7) is 1.53. The number of nitrogens with one attached hydrogen (secondary N) is 1. The van der Waals surface area contributed by atoms with Crippen LogP contribution in [0.3, 0.4) is 0 Å². The molecule has 1 atom stereocenters. The Morgan fingerprint density at radius 2 is 1.93 bits per heavy atom. The Balaban J connectivity index is 1.88. The number of hydrazine groups is 1. The normalized spacial score (nSPS) is 16.0. The number of rotatable bonds is 5. The van der Waals surface area contributed by atoms with Crippen molar-refractivity contribution in [2.24, 2.45) is 0 Å². The van der Waals surface area contributed by atoms with E-state index in [0.717, 1.165) is 0 Å². The highest BCUT2D eigenvalue weighted by molar-refractivity contribution is 9.10. The van der Waals surface area contributed by atoms with Crippen LogP contribution in [-0.2, 0) is 19.1 Å². The molecule has 0 bridgehead atoms. The first-order valence-electron chi connectivity index (χ1n) is 8.47. The van der Waals surface area contributed by atoms with Gasteiger partial charge in [-0.15, -0.1) is 0 Å².